The number of hydrogen-bond acceptors (Lipinski definition) is 1. The molecule has 0 spiro atoms. The first kappa shape index (κ1) is 6.17. The zero-order valence-electron chi connectivity index (χ0n) is 5.99. The van der Waals surface area contributed by atoms with Gasteiger partial charge in [0.15, 0.2) is 0 Å². The van der Waals surface area contributed by atoms with Crippen molar-refractivity contribution in [2.24, 2.45) is 5.92 Å². The third-order valence-corrected chi connectivity index (χ3v) is 2.04. The van der Waals surface area contributed by atoms with Crippen molar-refractivity contribution in [1.82, 2.24) is 0 Å². The zero-order valence-corrected chi connectivity index (χ0v) is 5.99. The number of ether oxygens (including phenoxy) is 1. The molecule has 2 atom stereocenters. The first-order valence-corrected chi connectivity index (χ1v) is 3.90. The molecule has 1 heterocycles. The maximum Gasteiger partial charge on any atom is 0.0815 e. The van der Waals surface area contributed by atoms with Crippen LogP contribution >= 0.6 is 0 Å². The van der Waals surface area contributed by atoms with Gasteiger partial charge in [-0.15, -0.1) is 0 Å². The second-order valence-electron chi connectivity index (χ2n) is 3.00. The molecule has 0 aromatic carbocycles. The fourth-order valence-corrected chi connectivity index (χ4v) is 1.35. The van der Waals surface area contributed by atoms with Crippen LogP contribution in [-0.2, 0) is 4.74 Å². The summed E-state index contributed by atoms with van der Waals surface area (Å²) in [6.07, 6.45) is 11.8. The van der Waals surface area contributed by atoms with Gasteiger partial charge in [0.25, 0.3) is 0 Å². The predicted molar refractivity (Wildman–Crippen MR) is 40.7 cm³/mol. The van der Waals surface area contributed by atoms with Crippen LogP contribution in [0.5, 0.6) is 0 Å². The Kier molecular flexibility index (Phi) is 1.60. The van der Waals surface area contributed by atoms with E-state index >= 15 is 0 Å². The highest BCUT2D eigenvalue weighted by atomic mass is 16.6. The van der Waals surface area contributed by atoms with Crippen molar-refractivity contribution < 1.29 is 4.74 Å². The topological polar surface area (TPSA) is 12.5 Å². The number of epoxide rings is 1. The third kappa shape index (κ3) is 1.48. The van der Waals surface area contributed by atoms with E-state index < -0.39 is 0 Å². The van der Waals surface area contributed by atoms with E-state index in [0.717, 1.165) is 12.5 Å². The molecule has 0 radical (unpaired) electrons. The van der Waals surface area contributed by atoms with Crippen LogP contribution < -0.4 is 0 Å². The molecule has 54 valence electrons. The summed E-state index contributed by atoms with van der Waals surface area (Å²) < 4.78 is 5.15. The summed E-state index contributed by atoms with van der Waals surface area (Å²) in [7, 11) is 0. The van der Waals surface area contributed by atoms with Crippen LogP contribution in [0.25, 0.3) is 0 Å². The molecule has 0 aromatic rings. The normalized spacial score (nSPS) is 36.4. The maximum atomic E-state index is 5.15. The van der Waals surface area contributed by atoms with Crippen LogP contribution in [0.4, 0.5) is 0 Å². The lowest BCUT2D eigenvalue weighted by atomic mass is 9.96. The minimum atomic E-state index is 0.584. The van der Waals surface area contributed by atoms with E-state index in [9.17, 15) is 0 Å². The Balaban J connectivity index is 1.81. The van der Waals surface area contributed by atoms with E-state index in [4.69, 9.17) is 4.74 Å². The summed E-state index contributed by atoms with van der Waals surface area (Å²) in [5.74, 6) is 0.748. The molecule has 1 heteroatoms. The van der Waals surface area contributed by atoms with Gasteiger partial charge in [0.2, 0.25) is 0 Å². The molecule has 1 saturated heterocycles. The van der Waals surface area contributed by atoms with E-state index in [1.807, 2.05) is 0 Å². The van der Waals surface area contributed by atoms with E-state index in [0.29, 0.717) is 6.10 Å². The third-order valence-electron chi connectivity index (χ3n) is 2.04. The number of rotatable bonds is 2. The maximum absolute atomic E-state index is 5.15. The number of hydrogen-bond donors (Lipinski definition) is 0. The molecule has 2 aliphatic rings. The average Bonchev–Trinajstić information content (AvgIpc) is 2.74. The molecule has 0 saturated carbocycles. The van der Waals surface area contributed by atoms with Crippen LogP contribution in [0.1, 0.15) is 12.8 Å². The summed E-state index contributed by atoms with van der Waals surface area (Å²) in [5, 5.41) is 0. The number of allylic oxidation sites excluding steroid dienone is 4. The van der Waals surface area contributed by atoms with Gasteiger partial charge in [0, 0.05) is 0 Å². The van der Waals surface area contributed by atoms with Crippen molar-refractivity contribution in [1.29, 1.82) is 0 Å². The van der Waals surface area contributed by atoms with Crippen molar-refractivity contribution in [3.05, 3.63) is 24.3 Å². The Hall–Kier alpha value is -0.560. The van der Waals surface area contributed by atoms with Gasteiger partial charge in [-0.2, -0.15) is 0 Å². The van der Waals surface area contributed by atoms with Gasteiger partial charge in [-0.1, -0.05) is 24.3 Å². The zero-order chi connectivity index (χ0) is 6.81. The van der Waals surface area contributed by atoms with Crippen molar-refractivity contribution in [2.75, 3.05) is 6.61 Å². The molecule has 1 nitrogen and oxygen atoms in total. The molecule has 10 heavy (non-hydrogen) atoms. The lowest BCUT2D eigenvalue weighted by Crippen LogP contribution is -2.01. The van der Waals surface area contributed by atoms with Gasteiger partial charge in [-0.05, 0) is 18.8 Å². The highest BCUT2D eigenvalue weighted by Crippen LogP contribution is 2.24. The molecule has 0 amide bonds. The van der Waals surface area contributed by atoms with Crippen LogP contribution in [-0.4, -0.2) is 12.7 Å². The fraction of sp³-hybridized carbons (Fsp3) is 0.556. The van der Waals surface area contributed by atoms with E-state index in [1.165, 1.54) is 12.8 Å². The minimum Gasteiger partial charge on any atom is -0.373 e. The smallest absolute Gasteiger partial charge is 0.0815 e. The molecule has 1 fully saturated rings. The van der Waals surface area contributed by atoms with Crippen LogP contribution in [0.15, 0.2) is 24.3 Å². The molecular weight excluding hydrogens is 124 g/mol. The standard InChI is InChI=1S/C9H12O/c1-2-4-8(5-3-1)6-9-7-10-9/h1-4,8-9H,5-7H2. The lowest BCUT2D eigenvalue weighted by molar-refractivity contribution is 0.373. The van der Waals surface area contributed by atoms with Gasteiger partial charge >= 0.3 is 0 Å². The van der Waals surface area contributed by atoms with Gasteiger partial charge in [-0.25, -0.2) is 0 Å². The Labute approximate surface area is 61.4 Å². The minimum absolute atomic E-state index is 0.584. The van der Waals surface area contributed by atoms with Gasteiger partial charge in [-0.3, -0.25) is 0 Å². The first-order valence-electron chi connectivity index (χ1n) is 3.90. The monoisotopic (exact) mass is 136 g/mol. The summed E-state index contributed by atoms with van der Waals surface area (Å²) in [4.78, 5) is 0. The quantitative estimate of drug-likeness (QED) is 0.528. The van der Waals surface area contributed by atoms with Crippen molar-refractivity contribution >= 4 is 0 Å². The molecule has 0 bridgehead atoms. The van der Waals surface area contributed by atoms with Crippen molar-refractivity contribution in [3.8, 4) is 0 Å². The molecule has 2 rings (SSSR count). The summed E-state index contributed by atoms with van der Waals surface area (Å²) in [6, 6.07) is 0. The largest absolute Gasteiger partial charge is 0.373 e. The fourth-order valence-electron chi connectivity index (χ4n) is 1.35. The van der Waals surface area contributed by atoms with E-state index in [1.54, 1.807) is 0 Å². The predicted octanol–water partition coefficient (Wildman–Crippen LogP) is 1.91. The van der Waals surface area contributed by atoms with Crippen LogP contribution in [0.2, 0.25) is 0 Å². The van der Waals surface area contributed by atoms with Crippen molar-refractivity contribution in [2.45, 2.75) is 18.9 Å². The second kappa shape index (κ2) is 2.59. The second-order valence-corrected chi connectivity index (χ2v) is 3.00. The molecule has 0 N–H and O–H groups in total. The summed E-state index contributed by atoms with van der Waals surface area (Å²) >= 11 is 0. The Morgan fingerprint density at radius 1 is 1.40 bits per heavy atom. The Morgan fingerprint density at radius 3 is 2.90 bits per heavy atom. The molecule has 1 aliphatic heterocycles. The molecule has 2 unspecified atom stereocenters. The van der Waals surface area contributed by atoms with Crippen molar-refractivity contribution in [3.63, 3.8) is 0 Å². The Morgan fingerprint density at radius 2 is 2.30 bits per heavy atom. The molecule has 0 aromatic heterocycles. The lowest BCUT2D eigenvalue weighted by Gasteiger charge is -2.09. The Bertz CT molecular complexity index is 166. The van der Waals surface area contributed by atoms with Gasteiger partial charge in [0.1, 0.15) is 0 Å². The summed E-state index contributed by atoms with van der Waals surface area (Å²) in [6.45, 7) is 0.994. The molecule has 1 aliphatic carbocycles. The highest BCUT2D eigenvalue weighted by Gasteiger charge is 2.25. The van der Waals surface area contributed by atoms with Crippen LogP contribution in [0, 0.1) is 5.92 Å². The van der Waals surface area contributed by atoms with Crippen LogP contribution in [0.3, 0.4) is 0 Å². The summed E-state index contributed by atoms with van der Waals surface area (Å²) in [5.41, 5.74) is 0. The first-order chi connectivity index (χ1) is 4.95. The SMILES string of the molecule is C1=CCC(CC2CO2)C=C1. The highest BCUT2D eigenvalue weighted by molar-refractivity contribution is 5.11. The van der Waals surface area contributed by atoms with E-state index in [2.05, 4.69) is 24.3 Å². The van der Waals surface area contributed by atoms with Gasteiger partial charge < -0.3 is 4.74 Å². The van der Waals surface area contributed by atoms with E-state index in [-0.39, 0.29) is 0 Å². The average molecular weight is 136 g/mol. The van der Waals surface area contributed by atoms with Gasteiger partial charge in [0.05, 0.1) is 12.7 Å². The molecular formula is C9H12O.